The molecule has 0 bridgehead atoms. The van der Waals surface area contributed by atoms with Gasteiger partial charge in [-0.05, 0) is 77.0 Å². The molecular formula is C62H111NO3. The minimum absolute atomic E-state index is 0.0729. The molecule has 0 radical (unpaired) electrons. The maximum Gasteiger partial charge on any atom is 0.220 e. The summed E-state index contributed by atoms with van der Waals surface area (Å²) in [7, 11) is 0. The van der Waals surface area contributed by atoms with E-state index in [4.69, 9.17) is 0 Å². The van der Waals surface area contributed by atoms with Gasteiger partial charge >= 0.3 is 0 Å². The summed E-state index contributed by atoms with van der Waals surface area (Å²) in [5.41, 5.74) is 0. The van der Waals surface area contributed by atoms with Gasteiger partial charge in [-0.25, -0.2) is 0 Å². The molecule has 66 heavy (non-hydrogen) atoms. The van der Waals surface area contributed by atoms with Crippen LogP contribution in [0.25, 0.3) is 0 Å². The molecule has 0 aromatic carbocycles. The fourth-order valence-electron chi connectivity index (χ4n) is 8.52. The van der Waals surface area contributed by atoms with Gasteiger partial charge in [-0.2, -0.15) is 0 Å². The molecule has 0 saturated carbocycles. The summed E-state index contributed by atoms with van der Waals surface area (Å²) in [5, 5.41) is 23.2. The SMILES string of the molecule is CC/C=C\C/C=C\C/C=C\C/C=C\C/C=C\CCCCCCCCCCCCCCCCCCCC(=O)NC(CO)C(O)/C=C/CC/C=C/CCCCCCCCCCCCCCCCC. The van der Waals surface area contributed by atoms with Crippen LogP contribution in [0.15, 0.2) is 85.1 Å². The van der Waals surface area contributed by atoms with Crippen molar-refractivity contribution in [1.29, 1.82) is 0 Å². The maximum absolute atomic E-state index is 12.5. The second-order valence-electron chi connectivity index (χ2n) is 19.3. The van der Waals surface area contributed by atoms with E-state index in [1.54, 1.807) is 6.08 Å². The number of hydrogen-bond acceptors (Lipinski definition) is 3. The number of unbranched alkanes of at least 4 members (excludes halogenated alkanes) is 33. The summed E-state index contributed by atoms with van der Waals surface area (Å²) in [5.74, 6) is -0.0729. The predicted molar refractivity (Wildman–Crippen MR) is 294 cm³/mol. The Morgan fingerprint density at radius 1 is 0.379 bits per heavy atom. The second kappa shape index (κ2) is 56.9. The van der Waals surface area contributed by atoms with Crippen LogP contribution in [-0.4, -0.2) is 34.9 Å². The molecule has 0 rings (SSSR count). The van der Waals surface area contributed by atoms with Crippen molar-refractivity contribution in [1.82, 2.24) is 5.32 Å². The standard InChI is InChI=1S/C62H111NO3/c1-3-5-7-9-11-13-15-17-19-21-23-25-26-27-28-29-30-31-32-33-34-35-36-38-40-42-44-46-48-50-52-54-56-58-62(66)63-60(59-64)61(65)57-55-53-51-49-47-45-43-41-39-37-24-22-20-18-16-14-12-10-8-6-4-2/h5,7,11,13,17,19,23,25,27-28,47,49,55,57,60-61,64-65H,3-4,6,8-10,12,14-16,18,20-22,24,26,29-46,48,50-54,56,58-59H2,1-2H3,(H,63,66)/b7-5-,13-11-,19-17-,25-23-,28-27-,49-47+,57-55+. The highest BCUT2D eigenvalue weighted by molar-refractivity contribution is 5.76. The van der Waals surface area contributed by atoms with Crippen molar-refractivity contribution in [2.24, 2.45) is 0 Å². The first kappa shape index (κ1) is 63.6. The highest BCUT2D eigenvalue weighted by Gasteiger charge is 2.18. The topological polar surface area (TPSA) is 69.6 Å². The molecule has 3 N–H and O–H groups in total. The smallest absolute Gasteiger partial charge is 0.220 e. The number of carbonyl (C=O) groups is 1. The monoisotopic (exact) mass is 918 g/mol. The predicted octanol–water partition coefficient (Wildman–Crippen LogP) is 19.1. The van der Waals surface area contributed by atoms with E-state index < -0.39 is 12.1 Å². The molecular weight excluding hydrogens is 807 g/mol. The van der Waals surface area contributed by atoms with Crippen LogP contribution in [0.4, 0.5) is 0 Å². The molecule has 0 spiro atoms. The van der Waals surface area contributed by atoms with Crippen LogP contribution in [0.5, 0.6) is 0 Å². The van der Waals surface area contributed by atoms with Crippen LogP contribution in [0, 0.1) is 0 Å². The summed E-state index contributed by atoms with van der Waals surface area (Å²) in [6, 6.07) is -0.643. The molecule has 382 valence electrons. The first-order valence-corrected chi connectivity index (χ1v) is 28.8. The first-order chi connectivity index (χ1) is 32.7. The van der Waals surface area contributed by atoms with Gasteiger partial charge in [0.05, 0.1) is 18.8 Å². The van der Waals surface area contributed by atoms with Crippen molar-refractivity contribution in [2.75, 3.05) is 6.61 Å². The van der Waals surface area contributed by atoms with Gasteiger partial charge < -0.3 is 15.5 Å². The van der Waals surface area contributed by atoms with Crippen molar-refractivity contribution in [2.45, 2.75) is 296 Å². The van der Waals surface area contributed by atoms with E-state index in [-0.39, 0.29) is 12.5 Å². The normalized spacial score (nSPS) is 13.5. The van der Waals surface area contributed by atoms with Gasteiger partial charge in [0.1, 0.15) is 0 Å². The summed E-state index contributed by atoms with van der Waals surface area (Å²) < 4.78 is 0. The van der Waals surface area contributed by atoms with Crippen LogP contribution in [-0.2, 0) is 4.79 Å². The van der Waals surface area contributed by atoms with Gasteiger partial charge in [0, 0.05) is 6.42 Å². The number of nitrogens with one attached hydrogen (secondary N) is 1. The average Bonchev–Trinajstić information content (AvgIpc) is 3.32. The number of hydrogen-bond donors (Lipinski definition) is 3. The summed E-state index contributed by atoms with van der Waals surface area (Å²) >= 11 is 0. The molecule has 0 aliphatic carbocycles. The molecule has 0 aliphatic rings. The first-order valence-electron chi connectivity index (χ1n) is 28.8. The Labute approximate surface area is 411 Å². The van der Waals surface area contributed by atoms with E-state index >= 15 is 0 Å². The lowest BCUT2D eigenvalue weighted by Crippen LogP contribution is -2.45. The molecule has 2 unspecified atom stereocenters. The molecule has 0 heterocycles. The van der Waals surface area contributed by atoms with Crippen molar-refractivity contribution in [3.05, 3.63) is 85.1 Å². The lowest BCUT2D eigenvalue weighted by atomic mass is 10.0. The summed E-state index contributed by atoms with van der Waals surface area (Å²) in [4.78, 5) is 12.5. The average molecular weight is 919 g/mol. The molecule has 0 aromatic heterocycles. The van der Waals surface area contributed by atoms with Gasteiger partial charge in [-0.3, -0.25) is 4.79 Å². The number of allylic oxidation sites excluding steroid dienone is 13. The summed E-state index contributed by atoms with van der Waals surface area (Å²) in [6.07, 6.45) is 83.2. The van der Waals surface area contributed by atoms with E-state index in [0.717, 1.165) is 64.2 Å². The zero-order valence-electron chi connectivity index (χ0n) is 43.9. The molecule has 2 atom stereocenters. The van der Waals surface area contributed by atoms with Gasteiger partial charge in [0.2, 0.25) is 5.91 Å². The highest BCUT2D eigenvalue weighted by Crippen LogP contribution is 2.16. The van der Waals surface area contributed by atoms with Crippen LogP contribution in [0.3, 0.4) is 0 Å². The second-order valence-corrected chi connectivity index (χ2v) is 19.3. The molecule has 0 aromatic rings. The van der Waals surface area contributed by atoms with E-state index in [2.05, 4.69) is 92.1 Å². The summed E-state index contributed by atoms with van der Waals surface area (Å²) in [6.45, 7) is 4.20. The van der Waals surface area contributed by atoms with E-state index in [1.807, 2.05) is 6.08 Å². The Bertz CT molecular complexity index is 1180. The van der Waals surface area contributed by atoms with E-state index in [0.29, 0.717) is 6.42 Å². The Balaban J connectivity index is 3.52. The van der Waals surface area contributed by atoms with Crippen LogP contribution >= 0.6 is 0 Å². The fourth-order valence-corrected chi connectivity index (χ4v) is 8.52. The third-order valence-electron chi connectivity index (χ3n) is 12.9. The van der Waals surface area contributed by atoms with Crippen molar-refractivity contribution >= 4 is 5.91 Å². The Hall–Kier alpha value is -2.43. The van der Waals surface area contributed by atoms with E-state index in [9.17, 15) is 15.0 Å². The Morgan fingerprint density at radius 2 is 0.682 bits per heavy atom. The minimum atomic E-state index is -0.866. The van der Waals surface area contributed by atoms with Crippen molar-refractivity contribution < 1.29 is 15.0 Å². The number of amides is 1. The molecule has 0 saturated heterocycles. The van der Waals surface area contributed by atoms with Crippen LogP contribution in [0.1, 0.15) is 284 Å². The Kier molecular flexibility index (Phi) is 54.8. The zero-order chi connectivity index (χ0) is 47.7. The van der Waals surface area contributed by atoms with Crippen molar-refractivity contribution in [3.63, 3.8) is 0 Å². The Morgan fingerprint density at radius 3 is 1.06 bits per heavy atom. The lowest BCUT2D eigenvalue weighted by molar-refractivity contribution is -0.123. The zero-order valence-corrected chi connectivity index (χ0v) is 43.9. The van der Waals surface area contributed by atoms with Gasteiger partial charge in [0.25, 0.3) is 0 Å². The third kappa shape index (κ3) is 52.5. The van der Waals surface area contributed by atoms with Gasteiger partial charge in [-0.15, -0.1) is 0 Å². The number of carbonyl (C=O) groups excluding carboxylic acids is 1. The molecule has 1 amide bonds. The number of rotatable bonds is 52. The van der Waals surface area contributed by atoms with Crippen LogP contribution in [0.2, 0.25) is 0 Å². The maximum atomic E-state index is 12.5. The lowest BCUT2D eigenvalue weighted by Gasteiger charge is -2.19. The molecule has 4 heteroatoms. The van der Waals surface area contributed by atoms with Gasteiger partial charge in [-0.1, -0.05) is 285 Å². The van der Waals surface area contributed by atoms with Crippen molar-refractivity contribution in [3.8, 4) is 0 Å². The third-order valence-corrected chi connectivity index (χ3v) is 12.9. The van der Waals surface area contributed by atoms with Crippen LogP contribution < -0.4 is 5.32 Å². The van der Waals surface area contributed by atoms with Gasteiger partial charge in [0.15, 0.2) is 0 Å². The fraction of sp³-hybridized carbons (Fsp3) is 0.758. The largest absolute Gasteiger partial charge is 0.394 e. The molecule has 0 fully saturated rings. The number of aliphatic hydroxyl groups excluding tert-OH is 2. The minimum Gasteiger partial charge on any atom is -0.394 e. The highest BCUT2D eigenvalue weighted by atomic mass is 16.3. The number of aliphatic hydroxyl groups is 2. The van der Waals surface area contributed by atoms with E-state index in [1.165, 1.54) is 199 Å². The molecule has 4 nitrogen and oxygen atoms in total. The quantitative estimate of drug-likeness (QED) is 0.0421. The molecule has 0 aliphatic heterocycles.